The Bertz CT molecular complexity index is 421. The van der Waals surface area contributed by atoms with Crippen LogP contribution in [0.25, 0.3) is 0 Å². The van der Waals surface area contributed by atoms with E-state index in [4.69, 9.17) is 0 Å². The standard InChI is InChI=1S/C13H21N3O/c1-10(2)16-9-8-15-12(13(16)17)14-7-6-11-4-3-5-11/h8-11H,3-7H2,1-2H3,(H,14,15). The molecular weight excluding hydrogens is 214 g/mol. The summed E-state index contributed by atoms with van der Waals surface area (Å²) < 4.78 is 1.71. The summed E-state index contributed by atoms with van der Waals surface area (Å²) in [4.78, 5) is 16.1. The van der Waals surface area contributed by atoms with Gasteiger partial charge in [-0.15, -0.1) is 0 Å². The molecule has 1 fully saturated rings. The highest BCUT2D eigenvalue weighted by Gasteiger charge is 2.16. The van der Waals surface area contributed by atoms with Gasteiger partial charge in [0.15, 0.2) is 5.82 Å². The third kappa shape index (κ3) is 2.87. The van der Waals surface area contributed by atoms with Crippen LogP contribution in [0.5, 0.6) is 0 Å². The lowest BCUT2D eigenvalue weighted by Crippen LogP contribution is -2.26. The van der Waals surface area contributed by atoms with Gasteiger partial charge in [-0.2, -0.15) is 0 Å². The highest BCUT2D eigenvalue weighted by molar-refractivity contribution is 5.30. The molecule has 0 saturated heterocycles. The van der Waals surface area contributed by atoms with Crippen LogP contribution in [0.4, 0.5) is 5.82 Å². The molecule has 1 aromatic heterocycles. The fraction of sp³-hybridized carbons (Fsp3) is 0.692. The quantitative estimate of drug-likeness (QED) is 0.852. The maximum atomic E-state index is 12.0. The smallest absolute Gasteiger partial charge is 0.293 e. The van der Waals surface area contributed by atoms with E-state index >= 15 is 0 Å². The van der Waals surface area contributed by atoms with Crippen molar-refractivity contribution in [3.63, 3.8) is 0 Å². The summed E-state index contributed by atoms with van der Waals surface area (Å²) in [5, 5.41) is 3.16. The van der Waals surface area contributed by atoms with Crippen molar-refractivity contribution in [2.75, 3.05) is 11.9 Å². The molecule has 1 aliphatic carbocycles. The van der Waals surface area contributed by atoms with Crippen LogP contribution in [-0.4, -0.2) is 16.1 Å². The second-order valence-electron chi connectivity index (χ2n) is 5.09. The van der Waals surface area contributed by atoms with E-state index in [1.54, 1.807) is 17.0 Å². The van der Waals surface area contributed by atoms with Gasteiger partial charge in [-0.05, 0) is 26.2 Å². The lowest BCUT2D eigenvalue weighted by atomic mass is 9.83. The first-order valence-corrected chi connectivity index (χ1v) is 6.49. The molecule has 0 aromatic carbocycles. The van der Waals surface area contributed by atoms with E-state index in [9.17, 15) is 4.79 Å². The minimum Gasteiger partial charge on any atom is -0.365 e. The largest absolute Gasteiger partial charge is 0.365 e. The number of hydrogen-bond donors (Lipinski definition) is 1. The molecule has 0 atom stereocenters. The first-order chi connectivity index (χ1) is 8.18. The molecule has 1 aromatic rings. The van der Waals surface area contributed by atoms with Crippen LogP contribution in [0.15, 0.2) is 17.2 Å². The zero-order valence-electron chi connectivity index (χ0n) is 10.6. The van der Waals surface area contributed by atoms with Crippen LogP contribution in [0.2, 0.25) is 0 Å². The van der Waals surface area contributed by atoms with E-state index in [-0.39, 0.29) is 11.6 Å². The third-order valence-corrected chi connectivity index (χ3v) is 3.49. The Balaban J connectivity index is 1.95. The number of hydrogen-bond acceptors (Lipinski definition) is 3. The predicted molar refractivity (Wildman–Crippen MR) is 69.3 cm³/mol. The number of nitrogens with one attached hydrogen (secondary N) is 1. The summed E-state index contributed by atoms with van der Waals surface area (Å²) in [5.41, 5.74) is -0.0175. The van der Waals surface area contributed by atoms with Crippen molar-refractivity contribution < 1.29 is 0 Å². The van der Waals surface area contributed by atoms with E-state index in [0.717, 1.165) is 18.9 Å². The predicted octanol–water partition coefficient (Wildman–Crippen LogP) is 2.43. The Hall–Kier alpha value is -1.32. The normalized spacial score (nSPS) is 15.9. The lowest BCUT2D eigenvalue weighted by Gasteiger charge is -2.25. The van der Waals surface area contributed by atoms with Gasteiger partial charge < -0.3 is 9.88 Å². The van der Waals surface area contributed by atoms with E-state index in [2.05, 4.69) is 10.3 Å². The third-order valence-electron chi connectivity index (χ3n) is 3.49. The maximum absolute atomic E-state index is 12.0. The van der Waals surface area contributed by atoms with Gasteiger partial charge in [-0.3, -0.25) is 4.79 Å². The molecule has 1 aliphatic rings. The molecule has 0 unspecified atom stereocenters. The van der Waals surface area contributed by atoms with Crippen LogP contribution in [0, 0.1) is 5.92 Å². The van der Waals surface area contributed by atoms with E-state index in [1.165, 1.54) is 19.3 Å². The molecule has 1 heterocycles. The van der Waals surface area contributed by atoms with Crippen molar-refractivity contribution in [3.8, 4) is 0 Å². The number of aromatic nitrogens is 2. The fourth-order valence-electron chi connectivity index (χ4n) is 2.13. The van der Waals surface area contributed by atoms with Gasteiger partial charge in [0.2, 0.25) is 0 Å². The van der Waals surface area contributed by atoms with Crippen molar-refractivity contribution in [1.29, 1.82) is 0 Å². The molecule has 94 valence electrons. The van der Waals surface area contributed by atoms with Gasteiger partial charge in [0.25, 0.3) is 5.56 Å². The molecule has 0 amide bonds. The van der Waals surface area contributed by atoms with Crippen LogP contribution >= 0.6 is 0 Å². The molecule has 0 aliphatic heterocycles. The molecule has 1 saturated carbocycles. The summed E-state index contributed by atoms with van der Waals surface area (Å²) in [6.07, 6.45) is 8.64. The van der Waals surface area contributed by atoms with E-state index in [1.807, 2.05) is 13.8 Å². The zero-order valence-corrected chi connectivity index (χ0v) is 10.6. The lowest BCUT2D eigenvalue weighted by molar-refractivity contribution is 0.303. The molecule has 17 heavy (non-hydrogen) atoms. The second-order valence-corrected chi connectivity index (χ2v) is 5.09. The van der Waals surface area contributed by atoms with E-state index in [0.29, 0.717) is 5.82 Å². The average Bonchev–Trinajstić information content (AvgIpc) is 2.23. The minimum atomic E-state index is -0.0175. The first kappa shape index (κ1) is 12.1. The SMILES string of the molecule is CC(C)n1ccnc(NCCC2CCC2)c1=O. The summed E-state index contributed by atoms with van der Waals surface area (Å²) in [6, 6.07) is 0.178. The topological polar surface area (TPSA) is 46.9 Å². The first-order valence-electron chi connectivity index (χ1n) is 6.49. The Morgan fingerprint density at radius 1 is 1.53 bits per heavy atom. The van der Waals surface area contributed by atoms with Crippen molar-refractivity contribution >= 4 is 5.82 Å². The van der Waals surface area contributed by atoms with Crippen molar-refractivity contribution in [2.24, 2.45) is 5.92 Å². The molecule has 2 rings (SSSR count). The molecule has 0 radical (unpaired) electrons. The molecule has 4 nitrogen and oxygen atoms in total. The zero-order chi connectivity index (χ0) is 12.3. The van der Waals surface area contributed by atoms with Gasteiger partial charge in [0, 0.05) is 25.0 Å². The van der Waals surface area contributed by atoms with Crippen molar-refractivity contribution in [3.05, 3.63) is 22.7 Å². The minimum absolute atomic E-state index is 0.0175. The highest BCUT2D eigenvalue weighted by Crippen LogP contribution is 2.28. The van der Waals surface area contributed by atoms with Crippen molar-refractivity contribution in [2.45, 2.75) is 45.6 Å². The monoisotopic (exact) mass is 235 g/mol. The van der Waals surface area contributed by atoms with Gasteiger partial charge in [-0.25, -0.2) is 4.98 Å². The fourth-order valence-corrected chi connectivity index (χ4v) is 2.13. The molecular formula is C13H21N3O. The average molecular weight is 235 g/mol. The molecule has 4 heteroatoms. The summed E-state index contributed by atoms with van der Waals surface area (Å²) >= 11 is 0. The maximum Gasteiger partial charge on any atom is 0.293 e. The van der Waals surface area contributed by atoms with E-state index < -0.39 is 0 Å². The van der Waals surface area contributed by atoms with Crippen molar-refractivity contribution in [1.82, 2.24) is 9.55 Å². The Labute approximate surface area is 102 Å². The van der Waals surface area contributed by atoms with Crippen LogP contribution in [0.3, 0.4) is 0 Å². The highest BCUT2D eigenvalue weighted by atomic mass is 16.1. The Morgan fingerprint density at radius 3 is 2.88 bits per heavy atom. The summed E-state index contributed by atoms with van der Waals surface area (Å²) in [6.45, 7) is 4.86. The van der Waals surface area contributed by atoms with Gasteiger partial charge in [0.1, 0.15) is 0 Å². The molecule has 0 spiro atoms. The Morgan fingerprint density at radius 2 is 2.29 bits per heavy atom. The van der Waals surface area contributed by atoms with Gasteiger partial charge >= 0.3 is 0 Å². The van der Waals surface area contributed by atoms with Crippen LogP contribution in [-0.2, 0) is 0 Å². The van der Waals surface area contributed by atoms with Crippen LogP contribution < -0.4 is 10.9 Å². The Kier molecular flexibility index (Phi) is 3.82. The van der Waals surface area contributed by atoms with Gasteiger partial charge in [0.05, 0.1) is 0 Å². The molecule has 1 N–H and O–H groups in total. The molecule has 0 bridgehead atoms. The second kappa shape index (κ2) is 5.34. The number of anilines is 1. The van der Waals surface area contributed by atoms with Crippen LogP contribution in [0.1, 0.15) is 45.6 Å². The summed E-state index contributed by atoms with van der Waals surface area (Å²) in [7, 11) is 0. The summed E-state index contributed by atoms with van der Waals surface area (Å²) in [5.74, 6) is 1.35. The number of nitrogens with zero attached hydrogens (tertiary/aromatic N) is 2. The van der Waals surface area contributed by atoms with Gasteiger partial charge in [-0.1, -0.05) is 19.3 Å². The number of rotatable bonds is 5.